The number of aromatic nitrogens is 2. The number of nitrogens with one attached hydrogen (secondary N) is 1. The molecule has 0 unspecified atom stereocenters. The van der Waals surface area contributed by atoms with E-state index in [9.17, 15) is 13.2 Å². The molecule has 31 heavy (non-hydrogen) atoms. The zero-order valence-electron chi connectivity index (χ0n) is 17.8. The topological polar surface area (TPSA) is 81.1 Å². The number of amides is 1. The quantitative estimate of drug-likeness (QED) is 0.625. The van der Waals surface area contributed by atoms with Gasteiger partial charge in [-0.05, 0) is 50.5 Å². The fraction of sp³-hybridized carbons (Fsp3) is 0.333. The number of para-hydroxylation sites is 1. The second kappa shape index (κ2) is 8.67. The molecule has 6 nitrogen and oxygen atoms in total. The van der Waals surface area contributed by atoms with Crippen molar-refractivity contribution in [2.75, 3.05) is 5.32 Å². The van der Waals surface area contributed by atoms with Gasteiger partial charge in [0.05, 0.1) is 27.9 Å². The lowest BCUT2D eigenvalue weighted by atomic mass is 10.1. The van der Waals surface area contributed by atoms with Gasteiger partial charge in [-0.3, -0.25) is 4.79 Å². The summed E-state index contributed by atoms with van der Waals surface area (Å²) < 4.78 is 26.7. The first-order valence-corrected chi connectivity index (χ1v) is 12.2. The van der Waals surface area contributed by atoms with Crippen molar-refractivity contribution >= 4 is 21.4 Å². The maximum absolute atomic E-state index is 12.7. The predicted molar refractivity (Wildman–Crippen MR) is 122 cm³/mol. The molecule has 7 heteroatoms. The summed E-state index contributed by atoms with van der Waals surface area (Å²) in [6.45, 7) is 4.30. The number of fused-ring (bicyclic) bond motifs is 1. The van der Waals surface area contributed by atoms with Crippen LogP contribution in [0.1, 0.15) is 38.1 Å². The van der Waals surface area contributed by atoms with Crippen LogP contribution in [-0.2, 0) is 34.0 Å². The third kappa shape index (κ3) is 4.56. The minimum absolute atomic E-state index is 0.157. The third-order valence-corrected chi connectivity index (χ3v) is 7.79. The van der Waals surface area contributed by atoms with Gasteiger partial charge in [-0.2, -0.15) is 0 Å². The lowest BCUT2D eigenvalue weighted by Gasteiger charge is -2.11. The summed E-state index contributed by atoms with van der Waals surface area (Å²) in [6, 6.07) is 14.2. The van der Waals surface area contributed by atoms with Crippen LogP contribution in [0, 0.1) is 0 Å². The lowest BCUT2D eigenvalue weighted by molar-refractivity contribution is -0.115. The zero-order valence-corrected chi connectivity index (χ0v) is 18.7. The van der Waals surface area contributed by atoms with E-state index in [1.807, 2.05) is 24.3 Å². The highest BCUT2D eigenvalue weighted by Crippen LogP contribution is 2.29. The van der Waals surface area contributed by atoms with Gasteiger partial charge in [0.1, 0.15) is 5.82 Å². The van der Waals surface area contributed by atoms with E-state index in [4.69, 9.17) is 4.98 Å². The molecular weight excluding hydrogens is 410 g/mol. The summed E-state index contributed by atoms with van der Waals surface area (Å²) in [7, 11) is -3.32. The van der Waals surface area contributed by atoms with E-state index in [1.165, 1.54) is 6.42 Å². The van der Waals surface area contributed by atoms with Crippen LogP contribution in [0.5, 0.6) is 0 Å². The van der Waals surface area contributed by atoms with Gasteiger partial charge in [-0.15, -0.1) is 0 Å². The number of rotatable bonds is 6. The van der Waals surface area contributed by atoms with E-state index < -0.39 is 15.1 Å². The summed E-state index contributed by atoms with van der Waals surface area (Å²) in [4.78, 5) is 17.7. The first-order chi connectivity index (χ1) is 14.8. The molecule has 2 heterocycles. The number of hydrogen-bond acceptors (Lipinski definition) is 4. The SMILES string of the molecule is CC(C)S(=O)(=O)c1ccc(CC(=O)Nc2ccccc2-c2cn3c(n2)CCCC3)cc1. The Morgan fingerprint density at radius 3 is 2.55 bits per heavy atom. The molecule has 162 valence electrons. The van der Waals surface area contributed by atoms with Crippen LogP contribution in [0.25, 0.3) is 11.3 Å². The maximum Gasteiger partial charge on any atom is 0.228 e. The third-order valence-electron chi connectivity index (χ3n) is 5.62. The molecule has 0 radical (unpaired) electrons. The van der Waals surface area contributed by atoms with Crippen LogP contribution in [-0.4, -0.2) is 29.1 Å². The minimum atomic E-state index is -3.32. The van der Waals surface area contributed by atoms with Crippen LogP contribution in [0.4, 0.5) is 5.69 Å². The van der Waals surface area contributed by atoms with Gasteiger partial charge in [0, 0.05) is 24.7 Å². The summed E-state index contributed by atoms with van der Waals surface area (Å²) in [5, 5.41) is 2.51. The van der Waals surface area contributed by atoms with Gasteiger partial charge in [0.2, 0.25) is 5.91 Å². The van der Waals surface area contributed by atoms with Gasteiger partial charge in [0.25, 0.3) is 0 Å². The van der Waals surface area contributed by atoms with Gasteiger partial charge in [0.15, 0.2) is 9.84 Å². The number of sulfone groups is 1. The van der Waals surface area contributed by atoms with Crippen molar-refractivity contribution in [3.63, 3.8) is 0 Å². The highest BCUT2D eigenvalue weighted by Gasteiger charge is 2.19. The highest BCUT2D eigenvalue weighted by atomic mass is 32.2. The second-order valence-electron chi connectivity index (χ2n) is 8.20. The molecule has 0 atom stereocenters. The molecule has 1 aromatic heterocycles. The Morgan fingerprint density at radius 1 is 1.10 bits per heavy atom. The Balaban J connectivity index is 1.49. The summed E-state index contributed by atoms with van der Waals surface area (Å²) in [5.41, 5.74) is 3.25. The molecule has 1 aliphatic rings. The highest BCUT2D eigenvalue weighted by molar-refractivity contribution is 7.92. The Hall–Kier alpha value is -2.93. The Morgan fingerprint density at radius 2 is 1.84 bits per heavy atom. The molecular formula is C24H27N3O3S. The number of anilines is 1. The average molecular weight is 438 g/mol. The first-order valence-electron chi connectivity index (χ1n) is 10.6. The van der Waals surface area contributed by atoms with Crippen molar-refractivity contribution in [1.29, 1.82) is 0 Å². The largest absolute Gasteiger partial charge is 0.334 e. The smallest absolute Gasteiger partial charge is 0.228 e. The summed E-state index contributed by atoms with van der Waals surface area (Å²) in [5.74, 6) is 0.940. The van der Waals surface area contributed by atoms with Gasteiger partial charge < -0.3 is 9.88 Å². The summed E-state index contributed by atoms with van der Waals surface area (Å²) in [6.07, 6.45) is 5.53. The van der Waals surface area contributed by atoms with Crippen LogP contribution in [0.2, 0.25) is 0 Å². The lowest BCUT2D eigenvalue weighted by Crippen LogP contribution is -2.16. The summed E-state index contributed by atoms with van der Waals surface area (Å²) >= 11 is 0. The normalized spacial score (nSPS) is 13.8. The number of nitrogens with zero attached hydrogens (tertiary/aromatic N) is 2. The number of imidazole rings is 1. The molecule has 0 spiro atoms. The van der Waals surface area contributed by atoms with Crippen LogP contribution >= 0.6 is 0 Å². The van der Waals surface area contributed by atoms with E-state index in [0.29, 0.717) is 0 Å². The molecule has 0 saturated carbocycles. The van der Waals surface area contributed by atoms with E-state index in [2.05, 4.69) is 16.1 Å². The van der Waals surface area contributed by atoms with Gasteiger partial charge in [-0.25, -0.2) is 13.4 Å². The van der Waals surface area contributed by atoms with Crippen molar-refractivity contribution in [2.45, 2.75) is 56.2 Å². The maximum atomic E-state index is 12.7. The van der Waals surface area contributed by atoms with E-state index >= 15 is 0 Å². The molecule has 3 aromatic rings. The Bertz CT molecular complexity index is 1170. The molecule has 0 aliphatic carbocycles. The fourth-order valence-corrected chi connectivity index (χ4v) is 4.87. The molecule has 0 fully saturated rings. The molecule has 4 rings (SSSR count). The average Bonchev–Trinajstić information content (AvgIpc) is 3.18. The molecule has 1 amide bonds. The number of hydrogen-bond donors (Lipinski definition) is 1. The van der Waals surface area contributed by atoms with Crippen molar-refractivity contribution in [3.05, 3.63) is 66.1 Å². The number of aryl methyl sites for hydroxylation is 2. The standard InChI is InChI=1S/C24H27N3O3S/c1-17(2)31(29,30)19-12-10-18(11-13-19)15-24(28)26-21-8-4-3-7-20(21)22-16-27-14-6-5-9-23(27)25-22/h3-4,7-8,10-13,16-17H,5-6,9,14-15H2,1-2H3,(H,26,28). The second-order valence-corrected chi connectivity index (χ2v) is 10.7. The van der Waals surface area contributed by atoms with Crippen molar-refractivity contribution in [1.82, 2.24) is 9.55 Å². The minimum Gasteiger partial charge on any atom is -0.334 e. The van der Waals surface area contributed by atoms with Gasteiger partial charge >= 0.3 is 0 Å². The van der Waals surface area contributed by atoms with Crippen molar-refractivity contribution in [3.8, 4) is 11.3 Å². The Labute approximate surface area is 183 Å². The number of carbonyl (C=O) groups excluding carboxylic acids is 1. The first kappa shape index (κ1) is 21.3. The predicted octanol–water partition coefficient (Wildman–Crippen LogP) is 4.25. The molecule has 1 N–H and O–H groups in total. The monoisotopic (exact) mass is 437 g/mol. The van der Waals surface area contributed by atoms with Crippen molar-refractivity contribution in [2.24, 2.45) is 0 Å². The van der Waals surface area contributed by atoms with Crippen LogP contribution in [0.3, 0.4) is 0 Å². The van der Waals surface area contributed by atoms with Gasteiger partial charge in [-0.1, -0.05) is 30.3 Å². The van der Waals surface area contributed by atoms with Crippen LogP contribution in [0.15, 0.2) is 59.6 Å². The zero-order chi connectivity index (χ0) is 22.0. The van der Waals surface area contributed by atoms with E-state index in [1.54, 1.807) is 38.1 Å². The number of carbonyl (C=O) groups is 1. The molecule has 1 aliphatic heterocycles. The molecule has 0 bridgehead atoms. The van der Waals surface area contributed by atoms with Crippen molar-refractivity contribution < 1.29 is 13.2 Å². The van der Waals surface area contributed by atoms with Crippen LogP contribution < -0.4 is 5.32 Å². The number of benzene rings is 2. The van der Waals surface area contributed by atoms with E-state index in [-0.39, 0.29) is 17.2 Å². The fourth-order valence-electron chi connectivity index (χ4n) is 3.81. The van der Waals surface area contributed by atoms with E-state index in [0.717, 1.165) is 47.7 Å². The molecule has 2 aromatic carbocycles. The Kier molecular flexibility index (Phi) is 5.96. The molecule has 0 saturated heterocycles.